The van der Waals surface area contributed by atoms with Crippen molar-refractivity contribution in [2.45, 2.75) is 31.5 Å². The fraction of sp³-hybridized carbons (Fsp3) is 0.417. The minimum atomic E-state index is -5.73. The van der Waals surface area contributed by atoms with Gasteiger partial charge in [-0.05, 0) is 30.5 Å². The lowest BCUT2D eigenvalue weighted by atomic mass is 10.1. The lowest BCUT2D eigenvalue weighted by molar-refractivity contribution is -0.360. The van der Waals surface area contributed by atoms with Crippen molar-refractivity contribution in [2.75, 3.05) is 0 Å². The SMILES string of the molecule is [CH2]CCCc1cccc(OC(F)(F)C(F)(F)F)c1. The van der Waals surface area contributed by atoms with Gasteiger partial charge >= 0.3 is 12.3 Å². The minimum absolute atomic E-state index is 0.501. The van der Waals surface area contributed by atoms with E-state index < -0.39 is 18.0 Å². The predicted octanol–water partition coefficient (Wildman–Crippen LogP) is 4.38. The summed E-state index contributed by atoms with van der Waals surface area (Å²) in [6.45, 7) is 3.61. The first-order chi connectivity index (χ1) is 8.26. The Morgan fingerprint density at radius 3 is 2.33 bits per heavy atom. The Morgan fingerprint density at radius 1 is 1.11 bits per heavy atom. The van der Waals surface area contributed by atoms with Crippen molar-refractivity contribution in [3.63, 3.8) is 0 Å². The average molecular weight is 267 g/mol. The van der Waals surface area contributed by atoms with Crippen LogP contribution in [0.25, 0.3) is 0 Å². The summed E-state index contributed by atoms with van der Waals surface area (Å²) in [6.07, 6.45) is -8.98. The minimum Gasteiger partial charge on any atom is -0.426 e. The van der Waals surface area contributed by atoms with Crippen LogP contribution in [0.15, 0.2) is 24.3 Å². The zero-order valence-electron chi connectivity index (χ0n) is 9.44. The highest BCUT2D eigenvalue weighted by atomic mass is 19.4. The number of halogens is 5. The molecule has 0 amide bonds. The molecule has 0 heterocycles. The van der Waals surface area contributed by atoms with Gasteiger partial charge in [0.05, 0.1) is 0 Å². The summed E-state index contributed by atoms with van der Waals surface area (Å²) in [6, 6.07) is 5.25. The van der Waals surface area contributed by atoms with Crippen LogP contribution < -0.4 is 4.74 Å². The molecule has 18 heavy (non-hydrogen) atoms. The van der Waals surface area contributed by atoms with Crippen LogP contribution in [0.5, 0.6) is 5.75 Å². The normalized spacial score (nSPS) is 12.6. The molecule has 0 aliphatic heterocycles. The molecule has 101 valence electrons. The Kier molecular flexibility index (Phi) is 4.53. The lowest BCUT2D eigenvalue weighted by Crippen LogP contribution is -2.41. The zero-order chi connectivity index (χ0) is 13.8. The molecule has 0 aromatic heterocycles. The summed E-state index contributed by atoms with van der Waals surface area (Å²) in [4.78, 5) is 0. The van der Waals surface area contributed by atoms with Crippen LogP contribution in [-0.2, 0) is 6.42 Å². The van der Waals surface area contributed by atoms with Crippen LogP contribution in [0.3, 0.4) is 0 Å². The number of rotatable bonds is 5. The van der Waals surface area contributed by atoms with E-state index in [-0.39, 0.29) is 0 Å². The van der Waals surface area contributed by atoms with Gasteiger partial charge in [-0.1, -0.05) is 25.5 Å². The van der Waals surface area contributed by atoms with Crippen LogP contribution in [0.1, 0.15) is 18.4 Å². The van der Waals surface area contributed by atoms with Crippen molar-refractivity contribution in [1.29, 1.82) is 0 Å². The van der Waals surface area contributed by atoms with E-state index in [9.17, 15) is 22.0 Å². The topological polar surface area (TPSA) is 9.23 Å². The molecular weight excluding hydrogens is 255 g/mol. The Hall–Kier alpha value is -1.33. The highest BCUT2D eigenvalue weighted by Gasteiger charge is 2.61. The van der Waals surface area contributed by atoms with Crippen molar-refractivity contribution in [1.82, 2.24) is 0 Å². The molecule has 0 atom stereocenters. The summed E-state index contributed by atoms with van der Waals surface area (Å²) in [7, 11) is 0. The van der Waals surface area contributed by atoms with E-state index in [1.165, 1.54) is 12.1 Å². The maximum absolute atomic E-state index is 12.6. The Labute approximate surface area is 102 Å². The second-order valence-corrected chi connectivity index (χ2v) is 3.72. The summed E-state index contributed by atoms with van der Waals surface area (Å²) in [5.74, 6) is -0.501. The molecule has 1 aromatic carbocycles. The van der Waals surface area contributed by atoms with Crippen LogP contribution >= 0.6 is 0 Å². The molecule has 1 nitrogen and oxygen atoms in total. The number of hydrogen-bond acceptors (Lipinski definition) is 1. The van der Waals surface area contributed by atoms with E-state index in [0.29, 0.717) is 18.4 Å². The van der Waals surface area contributed by atoms with Crippen molar-refractivity contribution in [2.24, 2.45) is 0 Å². The maximum Gasteiger partial charge on any atom is 0.499 e. The van der Waals surface area contributed by atoms with Gasteiger partial charge < -0.3 is 4.74 Å². The third-order valence-corrected chi connectivity index (χ3v) is 2.19. The quantitative estimate of drug-likeness (QED) is 0.719. The van der Waals surface area contributed by atoms with E-state index in [2.05, 4.69) is 11.7 Å². The van der Waals surface area contributed by atoms with Crippen molar-refractivity contribution < 1.29 is 26.7 Å². The zero-order valence-corrected chi connectivity index (χ0v) is 9.44. The van der Waals surface area contributed by atoms with E-state index in [1.807, 2.05) is 0 Å². The molecule has 0 aliphatic rings. The largest absolute Gasteiger partial charge is 0.499 e. The van der Waals surface area contributed by atoms with Gasteiger partial charge in [-0.3, -0.25) is 0 Å². The summed E-state index contributed by atoms with van der Waals surface area (Å²) < 4.78 is 64.8. The number of aryl methyl sites for hydroxylation is 1. The number of unbranched alkanes of at least 4 members (excludes halogenated alkanes) is 1. The number of alkyl halides is 5. The summed E-state index contributed by atoms with van der Waals surface area (Å²) in [5, 5.41) is 0. The third kappa shape index (κ3) is 3.85. The number of ether oxygens (including phenoxy) is 1. The van der Waals surface area contributed by atoms with Gasteiger partial charge in [0.1, 0.15) is 5.75 Å². The van der Waals surface area contributed by atoms with Crippen molar-refractivity contribution in [3.8, 4) is 5.75 Å². The van der Waals surface area contributed by atoms with Gasteiger partial charge in [-0.15, -0.1) is 0 Å². The van der Waals surface area contributed by atoms with E-state index in [1.54, 1.807) is 6.07 Å². The average Bonchev–Trinajstić information content (AvgIpc) is 2.24. The van der Waals surface area contributed by atoms with Crippen molar-refractivity contribution >= 4 is 0 Å². The molecule has 6 heteroatoms. The van der Waals surface area contributed by atoms with E-state index >= 15 is 0 Å². The Bertz CT molecular complexity index is 386. The first kappa shape index (κ1) is 14.7. The molecule has 1 radical (unpaired) electrons. The van der Waals surface area contributed by atoms with Crippen LogP contribution in [0.4, 0.5) is 22.0 Å². The fourth-order valence-corrected chi connectivity index (χ4v) is 1.30. The molecular formula is C12H12F5O. The van der Waals surface area contributed by atoms with Crippen molar-refractivity contribution in [3.05, 3.63) is 36.8 Å². The van der Waals surface area contributed by atoms with Gasteiger partial charge in [0, 0.05) is 0 Å². The second kappa shape index (κ2) is 5.54. The molecule has 0 aliphatic carbocycles. The van der Waals surface area contributed by atoms with Gasteiger partial charge in [-0.25, -0.2) is 0 Å². The Morgan fingerprint density at radius 2 is 1.78 bits per heavy atom. The lowest BCUT2D eigenvalue weighted by Gasteiger charge is -2.20. The van der Waals surface area contributed by atoms with Crippen LogP contribution in [-0.4, -0.2) is 12.3 Å². The summed E-state index contributed by atoms with van der Waals surface area (Å²) >= 11 is 0. The summed E-state index contributed by atoms with van der Waals surface area (Å²) in [5.41, 5.74) is 0.633. The molecule has 1 rings (SSSR count). The van der Waals surface area contributed by atoms with Crippen LogP contribution in [0.2, 0.25) is 0 Å². The van der Waals surface area contributed by atoms with Gasteiger partial charge in [-0.2, -0.15) is 22.0 Å². The maximum atomic E-state index is 12.6. The Balaban J connectivity index is 2.79. The predicted molar refractivity (Wildman–Crippen MR) is 56.4 cm³/mol. The molecule has 0 N–H and O–H groups in total. The highest BCUT2D eigenvalue weighted by molar-refractivity contribution is 5.29. The molecule has 0 spiro atoms. The van der Waals surface area contributed by atoms with E-state index in [4.69, 9.17) is 0 Å². The fourth-order valence-electron chi connectivity index (χ4n) is 1.30. The van der Waals surface area contributed by atoms with Gasteiger partial charge in [0.25, 0.3) is 0 Å². The first-order valence-electron chi connectivity index (χ1n) is 5.28. The molecule has 0 fully saturated rings. The van der Waals surface area contributed by atoms with Gasteiger partial charge in [0.15, 0.2) is 0 Å². The molecule has 0 unspecified atom stereocenters. The molecule has 1 aromatic rings. The van der Waals surface area contributed by atoms with Crippen LogP contribution in [0, 0.1) is 6.92 Å². The molecule has 0 bridgehead atoms. The number of benzene rings is 1. The van der Waals surface area contributed by atoms with E-state index in [0.717, 1.165) is 12.5 Å². The third-order valence-electron chi connectivity index (χ3n) is 2.19. The smallest absolute Gasteiger partial charge is 0.426 e. The second-order valence-electron chi connectivity index (χ2n) is 3.72. The molecule has 0 saturated carbocycles. The molecule has 0 saturated heterocycles. The number of hydrogen-bond donors (Lipinski definition) is 0. The first-order valence-corrected chi connectivity index (χ1v) is 5.28. The monoisotopic (exact) mass is 267 g/mol. The standard InChI is InChI=1S/C12H12F5O/c1-2-3-5-9-6-4-7-10(8-9)18-12(16,17)11(13,14)15/h4,6-8H,1-3,5H2. The van der Waals surface area contributed by atoms with Gasteiger partial charge in [0.2, 0.25) is 0 Å². The highest BCUT2D eigenvalue weighted by Crippen LogP contribution is 2.37.